The lowest BCUT2D eigenvalue weighted by Gasteiger charge is -2.14. The van der Waals surface area contributed by atoms with Crippen molar-refractivity contribution in [2.24, 2.45) is 4.99 Å². The second-order valence-corrected chi connectivity index (χ2v) is 7.50. The van der Waals surface area contributed by atoms with Crippen LogP contribution in [0.2, 0.25) is 0 Å². The van der Waals surface area contributed by atoms with E-state index in [0.717, 1.165) is 25.2 Å². The first kappa shape index (κ1) is 15.7. The van der Waals surface area contributed by atoms with Gasteiger partial charge < -0.3 is 9.55 Å². The van der Waals surface area contributed by atoms with Crippen molar-refractivity contribution in [3.05, 3.63) is 83.6 Å². The minimum absolute atomic E-state index is 0.846. The summed E-state index contributed by atoms with van der Waals surface area (Å²) in [5.74, 6) is 0. The summed E-state index contributed by atoms with van der Waals surface area (Å²) in [5, 5.41) is 3.95. The van der Waals surface area contributed by atoms with Crippen molar-refractivity contribution in [2.75, 3.05) is 6.54 Å². The number of aromatic amines is 1. The number of aliphatic imine (C=N–C) groups is 1. The Bertz CT molecular complexity index is 1400. The van der Waals surface area contributed by atoms with Gasteiger partial charge in [-0.2, -0.15) is 0 Å². The van der Waals surface area contributed by atoms with Crippen molar-refractivity contribution in [3.63, 3.8) is 0 Å². The van der Waals surface area contributed by atoms with Crippen LogP contribution in [-0.2, 0) is 13.0 Å². The number of hydrogen-bond donors (Lipinski definition) is 1. The molecule has 1 aliphatic rings. The summed E-state index contributed by atoms with van der Waals surface area (Å²) in [6, 6.07) is 24.1. The summed E-state index contributed by atoms with van der Waals surface area (Å²) in [4.78, 5) is 8.56. The lowest BCUT2D eigenvalue weighted by atomic mass is 9.97. The highest BCUT2D eigenvalue weighted by atomic mass is 15.0. The first-order valence-corrected chi connectivity index (χ1v) is 10.0. The normalized spacial score (nSPS) is 14.0. The standard InChI is InChI=1S/C25H21N3/c1-2-28-22-10-6-4-8-18(22)20-15-16(11-12-23(20)28)24-25-19(13-14-26-24)17-7-3-5-9-21(17)27-25/h3-12,15,27H,2,13-14H2,1H3. The van der Waals surface area contributed by atoms with E-state index in [1.807, 2.05) is 0 Å². The molecule has 0 saturated heterocycles. The predicted octanol–water partition coefficient (Wildman–Crippen LogP) is 5.69. The number of nitrogens with zero attached hydrogens (tertiary/aromatic N) is 2. The number of para-hydroxylation sites is 2. The molecule has 3 aromatic carbocycles. The van der Waals surface area contributed by atoms with Crippen LogP contribution in [0.25, 0.3) is 32.7 Å². The minimum atomic E-state index is 0.846. The molecule has 0 fully saturated rings. The van der Waals surface area contributed by atoms with Gasteiger partial charge in [0.2, 0.25) is 0 Å². The predicted molar refractivity (Wildman–Crippen MR) is 118 cm³/mol. The maximum Gasteiger partial charge on any atom is 0.0884 e. The van der Waals surface area contributed by atoms with E-state index in [1.165, 1.54) is 49.5 Å². The van der Waals surface area contributed by atoms with Crippen LogP contribution in [0.1, 0.15) is 23.7 Å². The molecule has 136 valence electrons. The maximum atomic E-state index is 4.93. The van der Waals surface area contributed by atoms with Crippen LogP contribution in [0.5, 0.6) is 0 Å². The van der Waals surface area contributed by atoms with E-state index in [-0.39, 0.29) is 0 Å². The van der Waals surface area contributed by atoms with Crippen LogP contribution in [0.15, 0.2) is 71.7 Å². The number of H-pyrrole nitrogens is 1. The van der Waals surface area contributed by atoms with Crippen molar-refractivity contribution in [1.82, 2.24) is 9.55 Å². The second kappa shape index (κ2) is 5.83. The lowest BCUT2D eigenvalue weighted by Crippen LogP contribution is -2.13. The molecule has 0 spiro atoms. The van der Waals surface area contributed by atoms with Gasteiger partial charge in [0.15, 0.2) is 0 Å². The van der Waals surface area contributed by atoms with E-state index in [1.54, 1.807) is 0 Å². The van der Waals surface area contributed by atoms with Gasteiger partial charge in [0.1, 0.15) is 0 Å². The third-order valence-electron chi connectivity index (χ3n) is 6.04. The van der Waals surface area contributed by atoms with Crippen molar-refractivity contribution in [1.29, 1.82) is 0 Å². The fourth-order valence-electron chi connectivity index (χ4n) is 4.80. The molecule has 28 heavy (non-hydrogen) atoms. The van der Waals surface area contributed by atoms with Crippen LogP contribution in [0.4, 0.5) is 0 Å². The summed E-state index contributed by atoms with van der Waals surface area (Å²) in [6.45, 7) is 4.02. The highest BCUT2D eigenvalue weighted by Gasteiger charge is 2.21. The Labute approximate surface area is 163 Å². The molecule has 6 rings (SSSR count). The van der Waals surface area contributed by atoms with Gasteiger partial charge in [0.25, 0.3) is 0 Å². The average Bonchev–Trinajstić information content (AvgIpc) is 3.28. The smallest absolute Gasteiger partial charge is 0.0884 e. The quantitative estimate of drug-likeness (QED) is 0.418. The first-order chi connectivity index (χ1) is 13.8. The molecule has 0 amide bonds. The van der Waals surface area contributed by atoms with E-state index in [4.69, 9.17) is 4.99 Å². The SMILES string of the molecule is CCn1c2ccccc2c2cc(C3=NCCc4c3[nH]c3ccccc43)ccc21. The van der Waals surface area contributed by atoms with Gasteiger partial charge in [-0.05, 0) is 43.2 Å². The number of fused-ring (bicyclic) bond motifs is 6. The molecule has 3 nitrogen and oxygen atoms in total. The van der Waals surface area contributed by atoms with Crippen LogP contribution in [0, 0.1) is 0 Å². The fourth-order valence-corrected chi connectivity index (χ4v) is 4.80. The zero-order chi connectivity index (χ0) is 18.7. The Balaban J connectivity index is 1.60. The summed E-state index contributed by atoms with van der Waals surface area (Å²) in [6.07, 6.45) is 1.00. The van der Waals surface area contributed by atoms with E-state index < -0.39 is 0 Å². The molecule has 3 heterocycles. The number of hydrogen-bond acceptors (Lipinski definition) is 1. The van der Waals surface area contributed by atoms with Crippen molar-refractivity contribution in [2.45, 2.75) is 19.9 Å². The third kappa shape index (κ3) is 2.07. The molecule has 2 aromatic heterocycles. The van der Waals surface area contributed by atoms with Gasteiger partial charge in [-0.1, -0.05) is 42.5 Å². The van der Waals surface area contributed by atoms with Gasteiger partial charge in [-0.3, -0.25) is 4.99 Å². The molecule has 0 bridgehead atoms. The molecule has 0 radical (unpaired) electrons. The van der Waals surface area contributed by atoms with E-state index >= 15 is 0 Å². The van der Waals surface area contributed by atoms with Gasteiger partial charge in [-0.25, -0.2) is 0 Å². The van der Waals surface area contributed by atoms with Gasteiger partial charge in [-0.15, -0.1) is 0 Å². The highest BCUT2D eigenvalue weighted by Crippen LogP contribution is 2.32. The first-order valence-electron chi connectivity index (χ1n) is 10.0. The van der Waals surface area contributed by atoms with E-state index in [0.29, 0.717) is 0 Å². The Kier molecular flexibility index (Phi) is 3.27. The van der Waals surface area contributed by atoms with Crippen molar-refractivity contribution < 1.29 is 0 Å². The second-order valence-electron chi connectivity index (χ2n) is 7.50. The Hall–Kier alpha value is -3.33. The summed E-state index contributed by atoms with van der Waals surface area (Å²) in [5.41, 5.74) is 8.66. The molecule has 3 heteroatoms. The van der Waals surface area contributed by atoms with E-state index in [2.05, 4.69) is 83.2 Å². The fraction of sp³-hybridized carbons (Fsp3) is 0.160. The average molecular weight is 363 g/mol. The number of nitrogens with one attached hydrogen (secondary N) is 1. The van der Waals surface area contributed by atoms with Crippen LogP contribution >= 0.6 is 0 Å². The summed E-state index contributed by atoms with van der Waals surface area (Å²) >= 11 is 0. The van der Waals surface area contributed by atoms with E-state index in [9.17, 15) is 0 Å². The monoisotopic (exact) mass is 363 g/mol. The summed E-state index contributed by atoms with van der Waals surface area (Å²) < 4.78 is 2.39. The number of aryl methyl sites for hydroxylation is 1. The Morgan fingerprint density at radius 3 is 2.57 bits per heavy atom. The van der Waals surface area contributed by atoms with Crippen molar-refractivity contribution >= 4 is 38.4 Å². The zero-order valence-electron chi connectivity index (χ0n) is 15.9. The zero-order valence-corrected chi connectivity index (χ0v) is 15.9. The van der Waals surface area contributed by atoms with Crippen LogP contribution in [-0.4, -0.2) is 21.8 Å². The molecule has 0 saturated carbocycles. The number of rotatable bonds is 2. The van der Waals surface area contributed by atoms with Gasteiger partial charge >= 0.3 is 0 Å². The molecule has 1 aliphatic heterocycles. The van der Waals surface area contributed by atoms with Crippen LogP contribution < -0.4 is 0 Å². The maximum absolute atomic E-state index is 4.93. The molecule has 0 aliphatic carbocycles. The molecular formula is C25H21N3. The van der Waals surface area contributed by atoms with Crippen molar-refractivity contribution in [3.8, 4) is 0 Å². The summed E-state index contributed by atoms with van der Waals surface area (Å²) in [7, 11) is 0. The molecule has 5 aromatic rings. The number of aromatic nitrogens is 2. The largest absolute Gasteiger partial charge is 0.353 e. The lowest BCUT2D eigenvalue weighted by molar-refractivity contribution is 0.827. The van der Waals surface area contributed by atoms with Crippen LogP contribution in [0.3, 0.4) is 0 Å². The molecule has 0 unspecified atom stereocenters. The third-order valence-corrected chi connectivity index (χ3v) is 6.04. The Morgan fingerprint density at radius 2 is 1.68 bits per heavy atom. The topological polar surface area (TPSA) is 33.1 Å². The number of benzene rings is 3. The van der Waals surface area contributed by atoms with Gasteiger partial charge in [0, 0.05) is 51.4 Å². The van der Waals surface area contributed by atoms with Gasteiger partial charge in [0.05, 0.1) is 11.4 Å². The molecule has 1 N–H and O–H groups in total. The minimum Gasteiger partial charge on any atom is -0.353 e. The Morgan fingerprint density at radius 1 is 0.893 bits per heavy atom. The molecular weight excluding hydrogens is 342 g/mol. The highest BCUT2D eigenvalue weighted by molar-refractivity contribution is 6.18. The molecule has 0 atom stereocenters.